The smallest absolute Gasteiger partial charge is 0.264 e. The van der Waals surface area contributed by atoms with E-state index < -0.39 is 12.3 Å². The summed E-state index contributed by atoms with van der Waals surface area (Å²) in [4.78, 5) is 17.1. The fourth-order valence-electron chi connectivity index (χ4n) is 3.29. The summed E-state index contributed by atoms with van der Waals surface area (Å²) in [5.41, 5.74) is 1.08. The predicted molar refractivity (Wildman–Crippen MR) is 107 cm³/mol. The monoisotopic (exact) mass is 412 g/mol. The van der Waals surface area contributed by atoms with E-state index in [2.05, 4.69) is 15.4 Å². The molecule has 0 aliphatic carbocycles. The van der Waals surface area contributed by atoms with Crippen LogP contribution in [0.3, 0.4) is 0 Å². The van der Waals surface area contributed by atoms with Crippen LogP contribution in [0.5, 0.6) is 5.75 Å². The van der Waals surface area contributed by atoms with Crippen LogP contribution in [0.25, 0.3) is 22.5 Å². The number of pyridine rings is 1. The molecule has 30 heavy (non-hydrogen) atoms. The Labute approximate surface area is 170 Å². The molecule has 0 saturated heterocycles. The Morgan fingerprint density at radius 1 is 1.27 bits per heavy atom. The van der Waals surface area contributed by atoms with Gasteiger partial charge in [0.15, 0.2) is 11.4 Å². The number of benzene rings is 1. The lowest BCUT2D eigenvalue weighted by atomic mass is 10.1. The van der Waals surface area contributed by atoms with Gasteiger partial charge in [-0.3, -0.25) is 4.79 Å². The number of aryl methyl sites for hydroxylation is 1. The van der Waals surface area contributed by atoms with Gasteiger partial charge < -0.3 is 14.5 Å². The van der Waals surface area contributed by atoms with Crippen molar-refractivity contribution in [1.29, 1.82) is 0 Å². The largest absolute Gasteiger partial charge is 0.495 e. The number of carbonyl (C=O) groups excluding carboxylic acids is 1. The van der Waals surface area contributed by atoms with E-state index in [1.54, 1.807) is 43.3 Å². The van der Waals surface area contributed by atoms with Crippen molar-refractivity contribution in [2.45, 2.75) is 19.9 Å². The van der Waals surface area contributed by atoms with E-state index in [9.17, 15) is 13.6 Å². The van der Waals surface area contributed by atoms with Crippen molar-refractivity contribution < 1.29 is 22.7 Å². The third-order valence-corrected chi connectivity index (χ3v) is 4.59. The van der Waals surface area contributed by atoms with Crippen LogP contribution in [0.15, 0.2) is 53.1 Å². The van der Waals surface area contributed by atoms with Gasteiger partial charge in [-0.05, 0) is 37.3 Å². The summed E-state index contributed by atoms with van der Waals surface area (Å²) in [6.07, 6.45) is -1.30. The van der Waals surface area contributed by atoms with Crippen LogP contribution in [-0.2, 0) is 11.3 Å². The molecule has 0 saturated carbocycles. The van der Waals surface area contributed by atoms with Crippen LogP contribution in [0.1, 0.15) is 17.7 Å². The number of carbonyl (C=O) groups is 1. The van der Waals surface area contributed by atoms with Crippen molar-refractivity contribution in [1.82, 2.24) is 14.8 Å². The molecule has 4 aromatic rings. The lowest BCUT2D eigenvalue weighted by Gasteiger charge is -2.10. The van der Waals surface area contributed by atoms with E-state index >= 15 is 0 Å². The zero-order valence-electron chi connectivity index (χ0n) is 16.2. The van der Waals surface area contributed by atoms with Gasteiger partial charge in [0.25, 0.3) is 6.43 Å². The maximum atomic E-state index is 13.8. The molecule has 0 spiro atoms. The minimum Gasteiger partial charge on any atom is -0.495 e. The second kappa shape index (κ2) is 7.94. The van der Waals surface area contributed by atoms with Crippen LogP contribution in [-0.4, -0.2) is 27.8 Å². The number of hydrogen-bond donors (Lipinski definition) is 1. The van der Waals surface area contributed by atoms with E-state index in [0.717, 1.165) is 0 Å². The topological polar surface area (TPSA) is 82.2 Å². The van der Waals surface area contributed by atoms with Crippen LogP contribution >= 0.6 is 0 Å². The zero-order chi connectivity index (χ0) is 21.3. The maximum absolute atomic E-state index is 13.8. The molecule has 0 radical (unpaired) electrons. The molecule has 1 aromatic carbocycles. The fraction of sp³-hybridized carbons (Fsp3) is 0.190. The highest BCUT2D eigenvalue weighted by atomic mass is 19.3. The van der Waals surface area contributed by atoms with E-state index in [0.29, 0.717) is 22.9 Å². The summed E-state index contributed by atoms with van der Waals surface area (Å²) < 4.78 is 39.4. The lowest BCUT2D eigenvalue weighted by molar-refractivity contribution is -0.116. The Kier molecular flexibility index (Phi) is 5.18. The van der Waals surface area contributed by atoms with E-state index in [-0.39, 0.29) is 28.8 Å². The lowest BCUT2D eigenvalue weighted by Crippen LogP contribution is -2.20. The van der Waals surface area contributed by atoms with E-state index in [1.807, 2.05) is 0 Å². The first-order valence-corrected chi connectivity index (χ1v) is 9.11. The van der Waals surface area contributed by atoms with Gasteiger partial charge in [0.1, 0.15) is 18.0 Å². The number of ether oxygens (including phenoxy) is 1. The van der Waals surface area contributed by atoms with Gasteiger partial charge in [0, 0.05) is 5.56 Å². The molecule has 0 fully saturated rings. The molecule has 0 bridgehead atoms. The molecule has 0 aliphatic heterocycles. The first-order valence-electron chi connectivity index (χ1n) is 9.11. The second-order valence-electron chi connectivity index (χ2n) is 6.56. The van der Waals surface area contributed by atoms with E-state index in [4.69, 9.17) is 9.15 Å². The van der Waals surface area contributed by atoms with Crippen molar-refractivity contribution in [2.75, 3.05) is 12.4 Å². The predicted octanol–water partition coefficient (Wildman–Crippen LogP) is 4.58. The molecule has 0 aliphatic rings. The summed E-state index contributed by atoms with van der Waals surface area (Å²) >= 11 is 0. The van der Waals surface area contributed by atoms with Crippen LogP contribution in [0.4, 0.5) is 14.5 Å². The molecule has 0 unspecified atom stereocenters. The normalized spacial score (nSPS) is 11.2. The number of halogens is 2. The Bertz CT molecular complexity index is 1200. The van der Waals surface area contributed by atoms with Crippen molar-refractivity contribution in [2.24, 2.45) is 0 Å². The third-order valence-electron chi connectivity index (χ3n) is 4.59. The van der Waals surface area contributed by atoms with Gasteiger partial charge >= 0.3 is 0 Å². The number of hydrogen-bond acceptors (Lipinski definition) is 5. The molecule has 0 atom stereocenters. The van der Waals surface area contributed by atoms with Crippen molar-refractivity contribution in [3.63, 3.8) is 0 Å². The number of para-hydroxylation sites is 2. The molecule has 1 N–H and O–H groups in total. The Balaban J connectivity index is 1.73. The number of nitrogens with one attached hydrogen (secondary N) is 1. The van der Waals surface area contributed by atoms with Crippen LogP contribution in [0, 0.1) is 6.92 Å². The SMILES string of the molecule is COc1ccccc1NC(=O)Cn1nc(C)c2c(C(F)F)cc(-c3ccco3)nc21. The van der Waals surface area contributed by atoms with Gasteiger partial charge in [0.05, 0.1) is 30.1 Å². The average Bonchev–Trinajstić information content (AvgIpc) is 3.36. The summed E-state index contributed by atoms with van der Waals surface area (Å²) in [5.74, 6) is 0.459. The third kappa shape index (κ3) is 3.61. The van der Waals surface area contributed by atoms with Gasteiger partial charge in [-0.1, -0.05) is 12.1 Å². The number of nitrogens with zero attached hydrogens (tertiary/aromatic N) is 3. The van der Waals surface area contributed by atoms with Crippen LogP contribution in [0.2, 0.25) is 0 Å². The second-order valence-corrected chi connectivity index (χ2v) is 6.56. The molecular weight excluding hydrogens is 394 g/mol. The van der Waals surface area contributed by atoms with Gasteiger partial charge in [0.2, 0.25) is 5.91 Å². The molecule has 3 aromatic heterocycles. The van der Waals surface area contributed by atoms with Gasteiger partial charge in [-0.15, -0.1) is 0 Å². The Hall–Kier alpha value is -3.75. The van der Waals surface area contributed by atoms with E-state index in [1.165, 1.54) is 24.1 Å². The Morgan fingerprint density at radius 2 is 2.07 bits per heavy atom. The standard InChI is InChI=1S/C21H18F2N4O3/c1-12-19-13(20(22)23)10-15(17-8-5-9-30-17)25-21(19)27(26-12)11-18(28)24-14-6-3-4-7-16(14)29-2/h3-10,20H,11H2,1-2H3,(H,24,28). The highest BCUT2D eigenvalue weighted by Gasteiger charge is 2.22. The minimum atomic E-state index is -2.73. The van der Waals surface area contributed by atoms with Crippen molar-refractivity contribution >= 4 is 22.6 Å². The molecule has 9 heteroatoms. The number of rotatable bonds is 6. The van der Waals surface area contributed by atoms with Gasteiger partial charge in [-0.25, -0.2) is 18.4 Å². The van der Waals surface area contributed by atoms with Crippen molar-refractivity contribution in [3.8, 4) is 17.2 Å². The number of aromatic nitrogens is 3. The fourth-order valence-corrected chi connectivity index (χ4v) is 3.29. The molecule has 3 heterocycles. The summed E-state index contributed by atoms with van der Waals surface area (Å²) in [7, 11) is 1.50. The van der Waals surface area contributed by atoms with Gasteiger partial charge in [-0.2, -0.15) is 5.10 Å². The molecule has 154 valence electrons. The molecular formula is C21H18F2N4O3. The number of alkyl halides is 2. The molecule has 1 amide bonds. The summed E-state index contributed by atoms with van der Waals surface area (Å²) in [6.45, 7) is 1.40. The quantitative estimate of drug-likeness (QED) is 0.501. The van der Waals surface area contributed by atoms with Crippen molar-refractivity contribution in [3.05, 3.63) is 60.0 Å². The number of furan rings is 1. The Morgan fingerprint density at radius 3 is 2.77 bits per heavy atom. The maximum Gasteiger partial charge on any atom is 0.264 e. The minimum absolute atomic E-state index is 0.187. The zero-order valence-corrected chi connectivity index (χ0v) is 16.2. The molecule has 4 rings (SSSR count). The van der Waals surface area contributed by atoms with Crippen LogP contribution < -0.4 is 10.1 Å². The average molecular weight is 412 g/mol. The first-order chi connectivity index (χ1) is 14.5. The number of anilines is 1. The first kappa shape index (κ1) is 19.6. The summed E-state index contributed by atoms with van der Waals surface area (Å²) in [5, 5.41) is 7.25. The highest BCUT2D eigenvalue weighted by Crippen LogP contribution is 2.33. The molecule has 7 nitrogen and oxygen atoms in total. The highest BCUT2D eigenvalue weighted by molar-refractivity contribution is 5.93. The summed E-state index contributed by atoms with van der Waals surface area (Å²) in [6, 6.07) is 11.5. The number of fused-ring (bicyclic) bond motifs is 1. The number of methoxy groups -OCH3 is 1. The number of amides is 1.